The van der Waals surface area contributed by atoms with Crippen LogP contribution in [0.3, 0.4) is 0 Å². The van der Waals surface area contributed by atoms with Crippen LogP contribution in [0.2, 0.25) is 0 Å². The van der Waals surface area contributed by atoms with Gasteiger partial charge in [-0.15, -0.1) is 10.2 Å². The van der Waals surface area contributed by atoms with Gasteiger partial charge in [0.15, 0.2) is 4.34 Å². The number of benzene rings is 1. The number of hydrogen-bond acceptors (Lipinski definition) is 6. The van der Waals surface area contributed by atoms with Gasteiger partial charge in [-0.1, -0.05) is 40.8 Å². The third kappa shape index (κ3) is 5.35. The van der Waals surface area contributed by atoms with Crippen LogP contribution in [0.1, 0.15) is 19.4 Å². The minimum absolute atomic E-state index is 0.0441. The van der Waals surface area contributed by atoms with E-state index < -0.39 is 0 Å². The fourth-order valence-electron chi connectivity index (χ4n) is 1.53. The van der Waals surface area contributed by atoms with E-state index in [4.69, 9.17) is 0 Å². The van der Waals surface area contributed by atoms with Crippen molar-refractivity contribution in [2.24, 2.45) is 0 Å². The zero-order chi connectivity index (χ0) is 15.2. The Kier molecular flexibility index (Phi) is 5.58. The summed E-state index contributed by atoms with van der Waals surface area (Å²) in [7, 11) is 0. The van der Waals surface area contributed by atoms with E-state index in [0.29, 0.717) is 11.8 Å². The Morgan fingerprint density at radius 2 is 2.00 bits per heavy atom. The Morgan fingerprint density at radius 1 is 1.29 bits per heavy atom. The van der Waals surface area contributed by atoms with Gasteiger partial charge in [-0.25, -0.2) is 0 Å². The molecule has 112 valence electrons. The first-order valence-corrected chi connectivity index (χ1v) is 8.42. The van der Waals surface area contributed by atoms with Crippen molar-refractivity contribution >= 4 is 39.8 Å². The van der Waals surface area contributed by atoms with Crippen LogP contribution in [0.25, 0.3) is 0 Å². The van der Waals surface area contributed by atoms with Crippen LogP contribution in [-0.2, 0) is 4.79 Å². The minimum atomic E-state index is -0.0441. The summed E-state index contributed by atoms with van der Waals surface area (Å²) in [6.07, 6.45) is 0. The molecule has 0 fully saturated rings. The van der Waals surface area contributed by atoms with Crippen molar-refractivity contribution in [3.05, 3.63) is 29.8 Å². The third-order valence-electron chi connectivity index (χ3n) is 2.48. The van der Waals surface area contributed by atoms with Crippen molar-refractivity contribution < 1.29 is 4.79 Å². The fraction of sp³-hybridized carbons (Fsp3) is 0.357. The van der Waals surface area contributed by atoms with Gasteiger partial charge in [-0.2, -0.15) is 0 Å². The van der Waals surface area contributed by atoms with Crippen LogP contribution in [0.15, 0.2) is 28.6 Å². The molecule has 0 spiro atoms. The van der Waals surface area contributed by atoms with Crippen molar-refractivity contribution in [3.8, 4) is 0 Å². The molecule has 21 heavy (non-hydrogen) atoms. The molecule has 0 radical (unpaired) electrons. The van der Waals surface area contributed by atoms with Gasteiger partial charge in [0.2, 0.25) is 11.0 Å². The highest BCUT2D eigenvalue weighted by Crippen LogP contribution is 2.25. The minimum Gasteiger partial charge on any atom is -0.358 e. The van der Waals surface area contributed by atoms with E-state index in [0.717, 1.165) is 15.2 Å². The molecular formula is C14H18N4OS2. The first-order chi connectivity index (χ1) is 10.0. The van der Waals surface area contributed by atoms with Gasteiger partial charge < -0.3 is 10.6 Å². The molecule has 0 aliphatic carbocycles. The van der Waals surface area contributed by atoms with Crippen LogP contribution < -0.4 is 10.6 Å². The standard InChI is InChI=1S/C14H18N4OS2/c1-9(2)15-13-17-18-14(21-13)20-8-12(19)16-11-6-4-10(3)5-7-11/h4-7,9H,8H2,1-3H3,(H,15,17)(H,16,19). The first-order valence-electron chi connectivity index (χ1n) is 6.62. The van der Waals surface area contributed by atoms with Crippen molar-refractivity contribution in [2.75, 3.05) is 16.4 Å². The van der Waals surface area contributed by atoms with E-state index in [1.54, 1.807) is 0 Å². The van der Waals surface area contributed by atoms with Crippen molar-refractivity contribution in [1.82, 2.24) is 10.2 Å². The van der Waals surface area contributed by atoms with E-state index in [1.807, 2.05) is 45.0 Å². The number of thioether (sulfide) groups is 1. The molecule has 0 atom stereocenters. The molecule has 1 amide bonds. The maximum Gasteiger partial charge on any atom is 0.234 e. The molecular weight excluding hydrogens is 304 g/mol. The molecule has 2 aromatic rings. The molecule has 7 heteroatoms. The van der Waals surface area contributed by atoms with Gasteiger partial charge in [0, 0.05) is 11.7 Å². The SMILES string of the molecule is Cc1ccc(NC(=O)CSc2nnc(NC(C)C)s2)cc1. The summed E-state index contributed by atoms with van der Waals surface area (Å²) >= 11 is 2.85. The molecule has 0 bridgehead atoms. The quantitative estimate of drug-likeness (QED) is 0.798. The zero-order valence-electron chi connectivity index (χ0n) is 12.2. The van der Waals surface area contributed by atoms with Crippen LogP contribution in [0, 0.1) is 6.92 Å². The number of anilines is 2. The lowest BCUT2D eigenvalue weighted by Gasteiger charge is -2.04. The molecule has 1 aromatic carbocycles. The van der Waals surface area contributed by atoms with Gasteiger partial charge in [-0.3, -0.25) is 4.79 Å². The van der Waals surface area contributed by atoms with E-state index in [9.17, 15) is 4.79 Å². The Bertz CT molecular complexity index is 595. The Balaban J connectivity index is 1.81. The molecule has 0 saturated heterocycles. The van der Waals surface area contributed by atoms with Gasteiger partial charge in [0.05, 0.1) is 5.75 Å². The predicted octanol–water partition coefficient (Wildman–Crippen LogP) is 3.40. The molecule has 5 nitrogen and oxygen atoms in total. The van der Waals surface area contributed by atoms with Gasteiger partial charge in [0.25, 0.3) is 0 Å². The van der Waals surface area contributed by atoms with Crippen LogP contribution in [0.4, 0.5) is 10.8 Å². The predicted molar refractivity (Wildman–Crippen MR) is 89.2 cm³/mol. The number of amides is 1. The number of nitrogens with one attached hydrogen (secondary N) is 2. The van der Waals surface area contributed by atoms with Crippen LogP contribution >= 0.6 is 23.1 Å². The number of nitrogens with zero attached hydrogens (tertiary/aromatic N) is 2. The molecule has 0 aliphatic heterocycles. The van der Waals surface area contributed by atoms with Gasteiger partial charge in [0.1, 0.15) is 0 Å². The summed E-state index contributed by atoms with van der Waals surface area (Å²) in [6, 6.07) is 8.05. The molecule has 0 unspecified atom stereocenters. The van der Waals surface area contributed by atoms with Gasteiger partial charge >= 0.3 is 0 Å². The Hall–Kier alpha value is -1.60. The highest BCUT2D eigenvalue weighted by atomic mass is 32.2. The highest BCUT2D eigenvalue weighted by Gasteiger charge is 2.09. The summed E-state index contributed by atoms with van der Waals surface area (Å²) in [6.45, 7) is 6.10. The molecule has 0 aliphatic rings. The number of hydrogen-bond donors (Lipinski definition) is 2. The molecule has 1 aromatic heterocycles. The van der Waals surface area contributed by atoms with E-state index in [1.165, 1.54) is 28.7 Å². The van der Waals surface area contributed by atoms with Crippen LogP contribution in [0.5, 0.6) is 0 Å². The average Bonchev–Trinajstić information content (AvgIpc) is 2.86. The zero-order valence-corrected chi connectivity index (χ0v) is 13.8. The van der Waals surface area contributed by atoms with E-state index in [2.05, 4.69) is 20.8 Å². The summed E-state index contributed by atoms with van der Waals surface area (Å²) in [5.41, 5.74) is 1.98. The number of aryl methyl sites for hydroxylation is 1. The average molecular weight is 322 g/mol. The van der Waals surface area contributed by atoms with Gasteiger partial charge in [-0.05, 0) is 32.9 Å². The highest BCUT2D eigenvalue weighted by molar-refractivity contribution is 8.01. The normalized spacial score (nSPS) is 10.7. The largest absolute Gasteiger partial charge is 0.358 e. The van der Waals surface area contributed by atoms with E-state index >= 15 is 0 Å². The maximum absolute atomic E-state index is 11.9. The Morgan fingerprint density at radius 3 is 2.67 bits per heavy atom. The number of aromatic nitrogens is 2. The summed E-state index contributed by atoms with van der Waals surface area (Å²) in [5.74, 6) is 0.280. The van der Waals surface area contributed by atoms with E-state index in [-0.39, 0.29) is 5.91 Å². The lowest BCUT2D eigenvalue weighted by atomic mass is 10.2. The monoisotopic (exact) mass is 322 g/mol. The number of rotatable bonds is 6. The Labute approximate surface area is 132 Å². The lowest BCUT2D eigenvalue weighted by molar-refractivity contribution is -0.113. The fourth-order valence-corrected chi connectivity index (χ4v) is 3.23. The molecule has 2 N–H and O–H groups in total. The molecule has 2 rings (SSSR count). The summed E-state index contributed by atoms with van der Waals surface area (Å²) in [4.78, 5) is 11.9. The maximum atomic E-state index is 11.9. The van der Waals surface area contributed by atoms with Crippen molar-refractivity contribution in [3.63, 3.8) is 0 Å². The second-order valence-electron chi connectivity index (χ2n) is 4.88. The second-order valence-corrected chi connectivity index (χ2v) is 7.08. The van der Waals surface area contributed by atoms with Crippen molar-refractivity contribution in [2.45, 2.75) is 31.2 Å². The number of carbonyl (C=O) groups is 1. The molecule has 1 heterocycles. The van der Waals surface area contributed by atoms with Crippen molar-refractivity contribution in [1.29, 1.82) is 0 Å². The summed E-state index contributed by atoms with van der Waals surface area (Å²) < 4.78 is 0.789. The third-order valence-corrected chi connectivity index (χ3v) is 4.47. The smallest absolute Gasteiger partial charge is 0.234 e. The lowest BCUT2D eigenvalue weighted by Crippen LogP contribution is -2.13. The van der Waals surface area contributed by atoms with Crippen LogP contribution in [-0.4, -0.2) is 27.9 Å². The number of carbonyl (C=O) groups excluding carboxylic acids is 1. The molecule has 0 saturated carbocycles. The topological polar surface area (TPSA) is 66.9 Å². The summed E-state index contributed by atoms with van der Waals surface area (Å²) in [5, 5.41) is 14.9. The second kappa shape index (κ2) is 7.42. The first kappa shape index (κ1) is 15.8.